The molecule has 0 aliphatic carbocycles. The summed E-state index contributed by atoms with van der Waals surface area (Å²) in [7, 11) is 0. The number of nitrogens with zero attached hydrogens (tertiary/aromatic N) is 1. The molecule has 1 unspecified atom stereocenters. The van der Waals surface area contributed by atoms with E-state index in [4.69, 9.17) is 5.11 Å². The molecule has 1 aliphatic rings. The predicted octanol–water partition coefficient (Wildman–Crippen LogP) is 0.803. The third-order valence-corrected chi connectivity index (χ3v) is 2.16. The Balaban J connectivity index is 2.29. The van der Waals surface area contributed by atoms with Gasteiger partial charge in [-0.25, -0.2) is 0 Å². The number of hydrogen-bond donors (Lipinski definition) is 1. The van der Waals surface area contributed by atoms with E-state index in [0.29, 0.717) is 0 Å². The number of likely N-dealkylation sites (tertiary alicyclic amines) is 1. The molecular weight excluding hydrogens is 142 g/mol. The molecule has 0 aromatic carbocycles. The SMILES string of the molecule is CCCN1CCC(C(=O)O)C1. The van der Waals surface area contributed by atoms with E-state index in [1.807, 2.05) is 0 Å². The van der Waals surface area contributed by atoms with Crippen molar-refractivity contribution in [2.45, 2.75) is 19.8 Å². The third kappa shape index (κ3) is 2.19. The Labute approximate surface area is 67.0 Å². The zero-order chi connectivity index (χ0) is 8.27. The molecule has 0 spiro atoms. The molecule has 11 heavy (non-hydrogen) atoms. The van der Waals surface area contributed by atoms with Crippen LogP contribution in [0.4, 0.5) is 0 Å². The highest BCUT2D eigenvalue weighted by Crippen LogP contribution is 2.15. The van der Waals surface area contributed by atoms with E-state index in [9.17, 15) is 4.79 Å². The van der Waals surface area contributed by atoms with Crippen LogP contribution in [0.5, 0.6) is 0 Å². The summed E-state index contributed by atoms with van der Waals surface area (Å²) >= 11 is 0. The summed E-state index contributed by atoms with van der Waals surface area (Å²) in [5.74, 6) is -0.745. The van der Waals surface area contributed by atoms with Crippen LogP contribution in [0.15, 0.2) is 0 Å². The summed E-state index contributed by atoms with van der Waals surface area (Å²) in [6.07, 6.45) is 1.95. The highest BCUT2D eigenvalue weighted by Gasteiger charge is 2.26. The number of hydrogen-bond acceptors (Lipinski definition) is 2. The molecule has 1 fully saturated rings. The summed E-state index contributed by atoms with van der Waals surface area (Å²) < 4.78 is 0. The van der Waals surface area contributed by atoms with Crippen LogP contribution < -0.4 is 0 Å². The Morgan fingerprint density at radius 2 is 2.45 bits per heavy atom. The Hall–Kier alpha value is -0.570. The van der Waals surface area contributed by atoms with Crippen LogP contribution in [0, 0.1) is 5.92 Å². The molecule has 0 aromatic rings. The van der Waals surface area contributed by atoms with Gasteiger partial charge in [-0.15, -0.1) is 0 Å². The van der Waals surface area contributed by atoms with Crippen molar-refractivity contribution < 1.29 is 9.90 Å². The van der Waals surface area contributed by atoms with Gasteiger partial charge in [0.15, 0.2) is 0 Å². The highest BCUT2D eigenvalue weighted by molar-refractivity contribution is 5.70. The van der Waals surface area contributed by atoms with E-state index in [0.717, 1.165) is 32.5 Å². The zero-order valence-electron chi connectivity index (χ0n) is 6.92. The van der Waals surface area contributed by atoms with Crippen LogP contribution >= 0.6 is 0 Å². The zero-order valence-corrected chi connectivity index (χ0v) is 6.92. The van der Waals surface area contributed by atoms with E-state index in [1.54, 1.807) is 0 Å². The summed E-state index contributed by atoms with van der Waals surface area (Å²) in [5, 5.41) is 8.67. The Morgan fingerprint density at radius 1 is 1.73 bits per heavy atom. The van der Waals surface area contributed by atoms with Crippen molar-refractivity contribution in [3.8, 4) is 0 Å². The lowest BCUT2D eigenvalue weighted by molar-refractivity contribution is -0.141. The molecule has 0 bridgehead atoms. The minimum Gasteiger partial charge on any atom is -0.481 e. The number of rotatable bonds is 3. The lowest BCUT2D eigenvalue weighted by Crippen LogP contribution is -2.23. The molecule has 0 aromatic heterocycles. The maximum Gasteiger partial charge on any atom is 0.307 e. The second-order valence-electron chi connectivity index (χ2n) is 3.12. The predicted molar refractivity (Wildman–Crippen MR) is 42.5 cm³/mol. The largest absolute Gasteiger partial charge is 0.481 e. The van der Waals surface area contributed by atoms with Gasteiger partial charge in [-0.2, -0.15) is 0 Å². The molecule has 0 radical (unpaired) electrons. The maximum absolute atomic E-state index is 10.5. The summed E-state index contributed by atoms with van der Waals surface area (Å²) in [6, 6.07) is 0. The number of carbonyl (C=O) groups is 1. The molecular formula is C8H15NO2. The average molecular weight is 157 g/mol. The molecule has 64 valence electrons. The van der Waals surface area contributed by atoms with Crippen molar-refractivity contribution in [3.05, 3.63) is 0 Å². The maximum atomic E-state index is 10.5. The number of carboxylic acids is 1. The summed E-state index contributed by atoms with van der Waals surface area (Å²) in [4.78, 5) is 12.7. The van der Waals surface area contributed by atoms with Gasteiger partial charge >= 0.3 is 5.97 Å². The summed E-state index contributed by atoms with van der Waals surface area (Å²) in [5.41, 5.74) is 0. The molecule has 1 heterocycles. The first-order valence-corrected chi connectivity index (χ1v) is 4.19. The van der Waals surface area contributed by atoms with Gasteiger partial charge in [0.1, 0.15) is 0 Å². The molecule has 3 heteroatoms. The normalized spacial score (nSPS) is 25.7. The Kier molecular flexibility index (Phi) is 2.88. The van der Waals surface area contributed by atoms with Gasteiger partial charge in [-0.05, 0) is 25.9 Å². The monoisotopic (exact) mass is 157 g/mol. The average Bonchev–Trinajstić information content (AvgIpc) is 2.37. The van der Waals surface area contributed by atoms with E-state index in [-0.39, 0.29) is 5.92 Å². The molecule has 0 saturated carbocycles. The van der Waals surface area contributed by atoms with Gasteiger partial charge in [0.2, 0.25) is 0 Å². The molecule has 0 amide bonds. The first-order chi connectivity index (χ1) is 5.24. The van der Waals surface area contributed by atoms with Crippen LogP contribution in [-0.4, -0.2) is 35.6 Å². The minimum absolute atomic E-state index is 0.110. The number of carboxylic acid groups (broad SMARTS) is 1. The van der Waals surface area contributed by atoms with Gasteiger partial charge in [0, 0.05) is 6.54 Å². The van der Waals surface area contributed by atoms with E-state index in [2.05, 4.69) is 11.8 Å². The van der Waals surface area contributed by atoms with Crippen LogP contribution in [0.25, 0.3) is 0 Å². The first-order valence-electron chi connectivity index (χ1n) is 4.19. The Morgan fingerprint density at radius 3 is 2.91 bits per heavy atom. The third-order valence-electron chi connectivity index (χ3n) is 2.16. The van der Waals surface area contributed by atoms with Crippen LogP contribution in [0.3, 0.4) is 0 Å². The van der Waals surface area contributed by atoms with Crippen molar-refractivity contribution in [2.75, 3.05) is 19.6 Å². The fourth-order valence-corrected chi connectivity index (χ4v) is 1.55. The molecule has 1 atom stereocenters. The second-order valence-corrected chi connectivity index (χ2v) is 3.12. The lowest BCUT2D eigenvalue weighted by Gasteiger charge is -2.12. The van der Waals surface area contributed by atoms with Crippen LogP contribution in [-0.2, 0) is 4.79 Å². The summed E-state index contributed by atoms with van der Waals surface area (Å²) in [6.45, 7) is 4.88. The van der Waals surface area contributed by atoms with Crippen LogP contribution in [0.2, 0.25) is 0 Å². The quantitative estimate of drug-likeness (QED) is 0.658. The van der Waals surface area contributed by atoms with E-state index >= 15 is 0 Å². The van der Waals surface area contributed by atoms with Gasteiger partial charge in [-0.3, -0.25) is 4.79 Å². The van der Waals surface area contributed by atoms with Gasteiger partial charge in [-0.1, -0.05) is 6.92 Å². The van der Waals surface area contributed by atoms with Crippen molar-refractivity contribution in [1.29, 1.82) is 0 Å². The standard InChI is InChI=1S/C8H15NO2/c1-2-4-9-5-3-7(6-9)8(10)11/h7H,2-6H2,1H3,(H,10,11). The first kappa shape index (κ1) is 8.53. The lowest BCUT2D eigenvalue weighted by atomic mass is 10.1. The number of aliphatic carboxylic acids is 1. The minimum atomic E-state index is -0.636. The van der Waals surface area contributed by atoms with Gasteiger partial charge < -0.3 is 10.0 Å². The molecule has 3 nitrogen and oxygen atoms in total. The molecule has 1 saturated heterocycles. The topological polar surface area (TPSA) is 40.5 Å². The molecule has 1 aliphatic heterocycles. The van der Waals surface area contributed by atoms with E-state index in [1.165, 1.54) is 0 Å². The van der Waals surface area contributed by atoms with E-state index < -0.39 is 5.97 Å². The van der Waals surface area contributed by atoms with Crippen molar-refractivity contribution >= 4 is 5.97 Å². The van der Waals surface area contributed by atoms with Crippen molar-refractivity contribution in [3.63, 3.8) is 0 Å². The second kappa shape index (κ2) is 3.72. The fraction of sp³-hybridized carbons (Fsp3) is 0.875. The smallest absolute Gasteiger partial charge is 0.307 e. The highest BCUT2D eigenvalue weighted by atomic mass is 16.4. The van der Waals surface area contributed by atoms with Crippen molar-refractivity contribution in [2.24, 2.45) is 5.92 Å². The molecule has 1 N–H and O–H groups in total. The Bertz CT molecular complexity index is 147. The van der Waals surface area contributed by atoms with Crippen molar-refractivity contribution in [1.82, 2.24) is 4.90 Å². The molecule has 1 rings (SSSR count). The van der Waals surface area contributed by atoms with Gasteiger partial charge in [0.25, 0.3) is 0 Å². The van der Waals surface area contributed by atoms with Gasteiger partial charge in [0.05, 0.1) is 5.92 Å². The van der Waals surface area contributed by atoms with Crippen LogP contribution in [0.1, 0.15) is 19.8 Å². The fourth-order valence-electron chi connectivity index (χ4n) is 1.55.